The highest BCUT2D eigenvalue weighted by molar-refractivity contribution is 6.20. The van der Waals surface area contributed by atoms with Crippen molar-refractivity contribution < 1.29 is 19.8 Å². The van der Waals surface area contributed by atoms with Gasteiger partial charge in [-0.1, -0.05) is 24.3 Å². The lowest BCUT2D eigenvalue weighted by Gasteiger charge is -2.27. The van der Waals surface area contributed by atoms with Crippen molar-refractivity contribution in [1.29, 1.82) is 0 Å². The van der Waals surface area contributed by atoms with Crippen LogP contribution in [0.15, 0.2) is 36.4 Å². The Bertz CT molecular complexity index is 727. The molecule has 4 nitrogen and oxygen atoms in total. The summed E-state index contributed by atoms with van der Waals surface area (Å²) in [6.07, 6.45) is 0.143. The molecule has 2 N–H and O–H groups in total. The fraction of sp³-hybridized carbons (Fsp3) is 0.176. The van der Waals surface area contributed by atoms with Gasteiger partial charge in [-0.05, 0) is 23.3 Å². The number of ketones is 2. The molecule has 22 heavy (non-hydrogen) atoms. The molecular weight excluding hydrogens is 304 g/mol. The van der Waals surface area contributed by atoms with Crippen LogP contribution in [-0.4, -0.2) is 27.7 Å². The van der Waals surface area contributed by atoms with Crippen LogP contribution in [0, 0.1) is 0 Å². The van der Waals surface area contributed by atoms with Crippen molar-refractivity contribution in [2.75, 3.05) is 5.88 Å². The van der Waals surface area contributed by atoms with Crippen LogP contribution in [0.5, 0.6) is 11.5 Å². The molecule has 1 aliphatic rings. The Labute approximate surface area is 132 Å². The minimum absolute atomic E-state index is 0.0735. The van der Waals surface area contributed by atoms with E-state index in [2.05, 4.69) is 0 Å². The Hall–Kier alpha value is -2.33. The molecule has 0 aromatic heterocycles. The van der Waals surface area contributed by atoms with Crippen LogP contribution in [0.4, 0.5) is 0 Å². The van der Waals surface area contributed by atoms with Crippen LogP contribution in [0.3, 0.4) is 0 Å². The fourth-order valence-corrected chi connectivity index (χ4v) is 3.15. The van der Waals surface area contributed by atoms with E-state index in [-0.39, 0.29) is 40.7 Å². The largest absolute Gasteiger partial charge is 0.507 e. The molecule has 1 aliphatic carbocycles. The van der Waals surface area contributed by atoms with Crippen LogP contribution in [-0.2, 0) is 4.79 Å². The summed E-state index contributed by atoms with van der Waals surface area (Å²) in [7, 11) is 0. The molecule has 0 unspecified atom stereocenters. The molecule has 0 spiro atoms. The van der Waals surface area contributed by atoms with Crippen LogP contribution < -0.4 is 0 Å². The Morgan fingerprint density at radius 3 is 1.95 bits per heavy atom. The van der Waals surface area contributed by atoms with Crippen molar-refractivity contribution in [1.82, 2.24) is 0 Å². The molecule has 0 radical (unpaired) electrons. The summed E-state index contributed by atoms with van der Waals surface area (Å²) < 4.78 is 0. The smallest absolute Gasteiger partial charge is 0.201 e. The third-order valence-corrected chi connectivity index (χ3v) is 4.08. The number of aromatic hydroxyl groups is 2. The van der Waals surface area contributed by atoms with Gasteiger partial charge in [0.15, 0.2) is 0 Å². The molecule has 2 aromatic carbocycles. The maximum atomic E-state index is 12.6. The lowest BCUT2D eigenvalue weighted by Crippen LogP contribution is -2.25. The number of hydrogen-bond acceptors (Lipinski definition) is 4. The van der Waals surface area contributed by atoms with Gasteiger partial charge in [0.25, 0.3) is 0 Å². The van der Waals surface area contributed by atoms with Gasteiger partial charge in [0.05, 0.1) is 17.0 Å². The van der Waals surface area contributed by atoms with Crippen LogP contribution >= 0.6 is 11.6 Å². The predicted molar refractivity (Wildman–Crippen MR) is 81.8 cm³/mol. The molecule has 5 heteroatoms. The van der Waals surface area contributed by atoms with Gasteiger partial charge >= 0.3 is 0 Å². The summed E-state index contributed by atoms with van der Waals surface area (Å²) >= 11 is 5.67. The van der Waals surface area contributed by atoms with Gasteiger partial charge in [-0.25, -0.2) is 0 Å². The van der Waals surface area contributed by atoms with E-state index in [0.717, 1.165) is 0 Å². The fourth-order valence-electron chi connectivity index (χ4n) is 2.97. The minimum atomic E-state index is -0.708. The highest BCUT2D eigenvalue weighted by atomic mass is 35.5. The molecule has 0 saturated carbocycles. The predicted octanol–water partition coefficient (Wildman–Crippen LogP) is 2.97. The number of hydrogen-bond donors (Lipinski definition) is 2. The van der Waals surface area contributed by atoms with E-state index in [0.29, 0.717) is 11.1 Å². The Kier molecular flexibility index (Phi) is 3.62. The number of rotatable bonds is 3. The normalized spacial score (nSPS) is 13.6. The highest BCUT2D eigenvalue weighted by Crippen LogP contribution is 2.43. The third kappa shape index (κ3) is 2.07. The third-order valence-electron chi connectivity index (χ3n) is 3.89. The van der Waals surface area contributed by atoms with Gasteiger partial charge in [-0.15, -0.1) is 11.6 Å². The Morgan fingerprint density at radius 1 is 1.00 bits per heavy atom. The average molecular weight is 317 g/mol. The van der Waals surface area contributed by atoms with Crippen LogP contribution in [0.25, 0.3) is 0 Å². The zero-order valence-corrected chi connectivity index (χ0v) is 12.3. The second-order valence-corrected chi connectivity index (χ2v) is 5.53. The Balaban J connectivity index is 2.31. The molecule has 0 bridgehead atoms. The van der Waals surface area contributed by atoms with E-state index in [4.69, 9.17) is 11.6 Å². The van der Waals surface area contributed by atoms with Crippen molar-refractivity contribution in [3.05, 3.63) is 58.7 Å². The highest BCUT2D eigenvalue weighted by Gasteiger charge is 2.37. The number of halogens is 1. The van der Waals surface area contributed by atoms with E-state index in [1.165, 1.54) is 12.1 Å². The first-order valence-electron chi connectivity index (χ1n) is 6.83. The number of carbonyl (C=O) groups is 2. The van der Waals surface area contributed by atoms with Gasteiger partial charge in [-0.3, -0.25) is 9.59 Å². The van der Waals surface area contributed by atoms with Crippen LogP contribution in [0.2, 0.25) is 0 Å². The first-order valence-corrected chi connectivity index (χ1v) is 7.36. The van der Waals surface area contributed by atoms with Gasteiger partial charge in [-0.2, -0.15) is 0 Å². The first-order chi connectivity index (χ1) is 10.6. The number of benzene rings is 2. The maximum absolute atomic E-state index is 12.6. The average Bonchev–Trinajstić information content (AvgIpc) is 2.47. The zero-order valence-electron chi connectivity index (χ0n) is 11.5. The van der Waals surface area contributed by atoms with Crippen LogP contribution in [0.1, 0.15) is 39.4 Å². The molecule has 0 fully saturated rings. The number of phenols is 2. The van der Waals surface area contributed by atoms with E-state index in [1.807, 2.05) is 0 Å². The van der Waals surface area contributed by atoms with Crippen molar-refractivity contribution in [3.8, 4) is 11.5 Å². The summed E-state index contributed by atoms with van der Waals surface area (Å²) in [5, 5.41) is 20.1. The number of alkyl halides is 1. The number of Topliss-reactive ketones (excluding diaryl/α,β-unsaturated/α-hetero) is 1. The monoisotopic (exact) mass is 316 g/mol. The lowest BCUT2D eigenvalue weighted by atomic mass is 9.74. The summed E-state index contributed by atoms with van der Waals surface area (Å²) in [6, 6.07) is 9.27. The van der Waals surface area contributed by atoms with Gasteiger partial charge in [0.1, 0.15) is 17.3 Å². The molecule has 0 saturated heterocycles. The summed E-state index contributed by atoms with van der Waals surface area (Å²) in [5.41, 5.74) is 1.06. The molecule has 0 heterocycles. The second kappa shape index (κ2) is 5.46. The molecular formula is C17H13ClO4. The first kappa shape index (κ1) is 14.6. The van der Waals surface area contributed by atoms with E-state index < -0.39 is 11.7 Å². The minimum Gasteiger partial charge on any atom is -0.507 e. The van der Waals surface area contributed by atoms with E-state index >= 15 is 0 Å². The van der Waals surface area contributed by atoms with Crippen molar-refractivity contribution >= 4 is 23.2 Å². The quantitative estimate of drug-likeness (QED) is 0.854. The summed E-state index contributed by atoms with van der Waals surface area (Å²) in [4.78, 5) is 25.1. The number of carbonyl (C=O) groups excluding carboxylic acids is 2. The van der Waals surface area contributed by atoms with Crippen molar-refractivity contribution in [3.63, 3.8) is 0 Å². The second-order valence-electron chi connectivity index (χ2n) is 5.15. The standard InChI is InChI=1S/C17H13ClO4/c18-8-7-13(21)14-9-3-1-5-11(19)15(9)17(22)16-10(14)4-2-6-12(16)20/h1-6,14,19-20H,7-8H2. The molecule has 0 atom stereocenters. The van der Waals surface area contributed by atoms with Gasteiger partial charge in [0, 0.05) is 12.3 Å². The Morgan fingerprint density at radius 2 is 1.50 bits per heavy atom. The van der Waals surface area contributed by atoms with Gasteiger partial charge < -0.3 is 10.2 Å². The number of fused-ring (bicyclic) bond motifs is 2. The molecule has 0 aliphatic heterocycles. The van der Waals surface area contributed by atoms with Crippen molar-refractivity contribution in [2.24, 2.45) is 0 Å². The SMILES string of the molecule is O=C1c2c(O)cccc2C(C(=O)CCCl)c2cccc(O)c21. The van der Waals surface area contributed by atoms with Crippen molar-refractivity contribution in [2.45, 2.75) is 12.3 Å². The molecule has 2 aromatic rings. The van der Waals surface area contributed by atoms with E-state index in [1.54, 1.807) is 24.3 Å². The molecule has 3 rings (SSSR count). The molecule has 0 amide bonds. The zero-order chi connectivity index (χ0) is 15.9. The maximum Gasteiger partial charge on any atom is 0.201 e. The summed E-state index contributed by atoms with van der Waals surface area (Å²) in [6.45, 7) is 0. The van der Waals surface area contributed by atoms with Gasteiger partial charge in [0.2, 0.25) is 5.78 Å². The topological polar surface area (TPSA) is 74.6 Å². The lowest BCUT2D eigenvalue weighted by molar-refractivity contribution is -0.119. The van der Waals surface area contributed by atoms with E-state index in [9.17, 15) is 19.8 Å². The number of phenolic OH excluding ortho intramolecular Hbond substituents is 2. The molecule has 112 valence electrons. The summed E-state index contributed by atoms with van der Waals surface area (Å²) in [5.74, 6) is -1.55.